The Morgan fingerprint density at radius 3 is 2.24 bits per heavy atom. The highest BCUT2D eigenvalue weighted by atomic mass is 35.5. The number of aryl methyl sites for hydroxylation is 3. The maximum Gasteiger partial charge on any atom is 0.339 e. The number of aromatic nitrogens is 1. The largest absolute Gasteiger partial charge is 0.488 e. The van der Waals surface area contributed by atoms with Crippen LogP contribution >= 0.6 is 24.8 Å². The third-order valence-electron chi connectivity index (χ3n) is 5.64. The summed E-state index contributed by atoms with van der Waals surface area (Å²) in [5.74, 6) is -0.174. The van der Waals surface area contributed by atoms with Crippen LogP contribution in [-0.4, -0.2) is 16.1 Å². The van der Waals surface area contributed by atoms with Crippen LogP contribution < -0.4 is 10.5 Å². The summed E-state index contributed by atoms with van der Waals surface area (Å²) < 4.78 is 6.14. The standard InChI is InChI=1S/C27H32N2O3.2ClH/c1-16(2)13-24-22(14-28)25(20-11-9-17(3)10-12-20)23(19(5)29-24)15-32-26-18(4)7-6-8-21(26)27(30)31;;/h6-12,16H,13-15,28H2,1-5H3,(H,30,31);2*1H. The second kappa shape index (κ2) is 12.7. The summed E-state index contributed by atoms with van der Waals surface area (Å²) in [6.07, 6.45) is 0.842. The van der Waals surface area contributed by atoms with Crippen molar-refractivity contribution in [1.82, 2.24) is 4.98 Å². The molecule has 3 aromatic rings. The molecule has 1 aromatic heterocycles. The zero-order valence-corrected chi connectivity index (χ0v) is 22.0. The molecule has 0 aliphatic rings. The number of rotatable bonds is 8. The molecular formula is C27H34Cl2N2O3. The maximum absolute atomic E-state index is 11.7. The zero-order chi connectivity index (χ0) is 23.4. The van der Waals surface area contributed by atoms with Gasteiger partial charge in [-0.1, -0.05) is 55.8 Å². The van der Waals surface area contributed by atoms with Crippen molar-refractivity contribution >= 4 is 30.8 Å². The number of pyridine rings is 1. The van der Waals surface area contributed by atoms with Gasteiger partial charge in [-0.25, -0.2) is 4.79 Å². The molecule has 0 amide bonds. The van der Waals surface area contributed by atoms with E-state index < -0.39 is 5.97 Å². The van der Waals surface area contributed by atoms with Gasteiger partial charge in [0.1, 0.15) is 17.9 Å². The number of nitrogens with two attached hydrogens (primary N) is 1. The Morgan fingerprint density at radius 2 is 1.68 bits per heavy atom. The topological polar surface area (TPSA) is 85.4 Å². The van der Waals surface area contributed by atoms with Gasteiger partial charge in [0.15, 0.2) is 0 Å². The molecular weight excluding hydrogens is 471 g/mol. The first kappa shape index (κ1) is 29.4. The summed E-state index contributed by atoms with van der Waals surface area (Å²) >= 11 is 0. The number of nitrogens with zero attached hydrogens (tertiary/aromatic N) is 1. The molecule has 0 atom stereocenters. The van der Waals surface area contributed by atoms with Crippen LogP contribution in [0, 0.1) is 26.7 Å². The van der Waals surface area contributed by atoms with Gasteiger partial charge in [-0.15, -0.1) is 24.8 Å². The lowest BCUT2D eigenvalue weighted by atomic mass is 9.90. The highest BCUT2D eigenvalue weighted by Crippen LogP contribution is 2.34. The summed E-state index contributed by atoms with van der Waals surface area (Å²) in [5, 5.41) is 9.59. The number of hydrogen-bond acceptors (Lipinski definition) is 4. The van der Waals surface area contributed by atoms with E-state index in [1.807, 2.05) is 19.9 Å². The summed E-state index contributed by atoms with van der Waals surface area (Å²) in [6, 6.07) is 13.5. The van der Waals surface area contributed by atoms with Crippen LogP contribution in [0.1, 0.15) is 57.8 Å². The summed E-state index contributed by atoms with van der Waals surface area (Å²) in [6.45, 7) is 10.8. The van der Waals surface area contributed by atoms with Gasteiger partial charge in [-0.2, -0.15) is 0 Å². The molecule has 0 unspecified atom stereocenters. The van der Waals surface area contributed by atoms with Crippen molar-refractivity contribution in [3.8, 4) is 16.9 Å². The van der Waals surface area contributed by atoms with Crippen LogP contribution in [0.4, 0.5) is 0 Å². The van der Waals surface area contributed by atoms with Gasteiger partial charge >= 0.3 is 5.97 Å². The van der Waals surface area contributed by atoms with Gasteiger partial charge in [0, 0.05) is 23.5 Å². The molecule has 5 nitrogen and oxygen atoms in total. The highest BCUT2D eigenvalue weighted by Gasteiger charge is 2.21. The lowest BCUT2D eigenvalue weighted by Gasteiger charge is -2.22. The maximum atomic E-state index is 11.7. The van der Waals surface area contributed by atoms with E-state index in [2.05, 4.69) is 45.0 Å². The Balaban J connectivity index is 0.00000289. The molecule has 0 spiro atoms. The molecule has 0 aliphatic heterocycles. The minimum Gasteiger partial charge on any atom is -0.488 e. The second-order valence-electron chi connectivity index (χ2n) is 8.69. The van der Waals surface area contributed by atoms with E-state index in [-0.39, 0.29) is 37.0 Å². The van der Waals surface area contributed by atoms with Gasteiger partial charge in [0.2, 0.25) is 0 Å². The van der Waals surface area contributed by atoms with E-state index in [9.17, 15) is 9.90 Å². The number of aromatic carboxylic acids is 1. The minimum atomic E-state index is -1.01. The molecule has 3 N–H and O–H groups in total. The van der Waals surface area contributed by atoms with Crippen LogP contribution in [0.3, 0.4) is 0 Å². The van der Waals surface area contributed by atoms with Crippen LogP contribution in [0.5, 0.6) is 5.75 Å². The van der Waals surface area contributed by atoms with Crippen molar-refractivity contribution in [3.63, 3.8) is 0 Å². The van der Waals surface area contributed by atoms with Crippen molar-refractivity contribution in [2.45, 2.75) is 54.2 Å². The molecule has 1 heterocycles. The minimum absolute atomic E-state index is 0. The van der Waals surface area contributed by atoms with Gasteiger partial charge in [-0.05, 0) is 61.4 Å². The fourth-order valence-corrected chi connectivity index (χ4v) is 4.02. The number of para-hydroxylation sites is 1. The lowest BCUT2D eigenvalue weighted by molar-refractivity contribution is 0.0691. The monoisotopic (exact) mass is 504 g/mol. The number of carbonyl (C=O) groups is 1. The van der Waals surface area contributed by atoms with E-state index in [4.69, 9.17) is 15.5 Å². The molecule has 7 heteroatoms. The normalized spacial score (nSPS) is 10.4. The number of halogens is 2. The van der Waals surface area contributed by atoms with Gasteiger partial charge < -0.3 is 15.6 Å². The van der Waals surface area contributed by atoms with Crippen molar-refractivity contribution in [2.24, 2.45) is 11.7 Å². The third kappa shape index (κ3) is 6.50. The fourth-order valence-electron chi connectivity index (χ4n) is 4.02. The quantitative estimate of drug-likeness (QED) is 0.367. The molecule has 34 heavy (non-hydrogen) atoms. The molecule has 3 rings (SSSR count). The third-order valence-corrected chi connectivity index (χ3v) is 5.64. The smallest absolute Gasteiger partial charge is 0.339 e. The van der Waals surface area contributed by atoms with E-state index in [0.29, 0.717) is 18.2 Å². The molecule has 0 saturated heterocycles. The van der Waals surface area contributed by atoms with E-state index in [1.165, 1.54) is 5.56 Å². The van der Waals surface area contributed by atoms with Crippen molar-refractivity contribution in [1.29, 1.82) is 0 Å². The molecule has 0 bridgehead atoms. The predicted molar refractivity (Wildman–Crippen MR) is 143 cm³/mol. The molecule has 0 aliphatic carbocycles. The van der Waals surface area contributed by atoms with Crippen molar-refractivity contribution in [3.05, 3.63) is 81.7 Å². The zero-order valence-electron chi connectivity index (χ0n) is 20.3. The van der Waals surface area contributed by atoms with Gasteiger partial charge in [0.25, 0.3) is 0 Å². The number of benzene rings is 2. The van der Waals surface area contributed by atoms with E-state index >= 15 is 0 Å². The van der Waals surface area contributed by atoms with Crippen LogP contribution in [-0.2, 0) is 19.6 Å². The second-order valence-corrected chi connectivity index (χ2v) is 8.69. The molecule has 0 fully saturated rings. The Hall–Kier alpha value is -2.60. The first-order valence-electron chi connectivity index (χ1n) is 11.0. The Labute approximate surface area is 214 Å². The predicted octanol–water partition coefficient (Wildman–Crippen LogP) is 6.45. The fraction of sp³-hybridized carbons (Fsp3) is 0.333. The molecule has 0 radical (unpaired) electrons. The first-order chi connectivity index (χ1) is 15.2. The molecule has 0 saturated carbocycles. The van der Waals surface area contributed by atoms with Crippen molar-refractivity contribution in [2.75, 3.05) is 0 Å². The highest BCUT2D eigenvalue weighted by molar-refractivity contribution is 5.91. The van der Waals surface area contributed by atoms with E-state index in [1.54, 1.807) is 12.1 Å². The van der Waals surface area contributed by atoms with E-state index in [0.717, 1.165) is 45.6 Å². The summed E-state index contributed by atoms with van der Waals surface area (Å²) in [5.41, 5.74) is 14.3. The van der Waals surface area contributed by atoms with Crippen molar-refractivity contribution < 1.29 is 14.6 Å². The molecule has 2 aromatic carbocycles. The number of hydrogen-bond donors (Lipinski definition) is 2. The Bertz CT molecular complexity index is 1130. The number of carboxylic acids is 1. The average molecular weight is 505 g/mol. The van der Waals surface area contributed by atoms with Gasteiger partial charge in [0.05, 0.1) is 0 Å². The SMILES string of the molecule is Cc1ccc(-c2c(COc3c(C)cccc3C(=O)O)c(C)nc(CC(C)C)c2CN)cc1.Cl.Cl. The Kier molecular flexibility index (Phi) is 11.0. The summed E-state index contributed by atoms with van der Waals surface area (Å²) in [7, 11) is 0. The van der Waals surface area contributed by atoms with Gasteiger partial charge in [-0.3, -0.25) is 4.98 Å². The summed E-state index contributed by atoms with van der Waals surface area (Å²) in [4.78, 5) is 16.6. The first-order valence-corrected chi connectivity index (χ1v) is 11.0. The average Bonchev–Trinajstić information content (AvgIpc) is 2.73. The number of carboxylic acid groups (broad SMARTS) is 1. The van der Waals surface area contributed by atoms with Crippen LogP contribution in [0.15, 0.2) is 42.5 Å². The van der Waals surface area contributed by atoms with Crippen LogP contribution in [0.25, 0.3) is 11.1 Å². The lowest BCUT2D eigenvalue weighted by Crippen LogP contribution is -2.15. The molecule has 184 valence electrons. The van der Waals surface area contributed by atoms with Crippen LogP contribution in [0.2, 0.25) is 0 Å². The number of ether oxygens (including phenoxy) is 1. The Morgan fingerprint density at radius 1 is 1.03 bits per heavy atom.